The fourth-order valence-corrected chi connectivity index (χ4v) is 2.55. The molecule has 1 N–H and O–H groups in total. The van der Waals surface area contributed by atoms with E-state index in [1.807, 2.05) is 0 Å². The van der Waals surface area contributed by atoms with Crippen molar-refractivity contribution in [2.75, 3.05) is 0 Å². The first-order valence-electron chi connectivity index (χ1n) is 5.88. The lowest BCUT2D eigenvalue weighted by molar-refractivity contribution is -0.139. The summed E-state index contributed by atoms with van der Waals surface area (Å²) in [6.45, 7) is 0. The maximum Gasteiger partial charge on any atom is 0.419 e. The highest BCUT2D eigenvalue weighted by molar-refractivity contribution is 9.10. The highest BCUT2D eigenvalue weighted by Crippen LogP contribution is 2.38. The third-order valence-corrected chi connectivity index (χ3v) is 3.68. The van der Waals surface area contributed by atoms with E-state index in [0.29, 0.717) is 17.1 Å². The zero-order valence-corrected chi connectivity index (χ0v) is 11.9. The molecule has 0 spiro atoms. The van der Waals surface area contributed by atoms with Crippen LogP contribution in [-0.2, 0) is 6.18 Å². The van der Waals surface area contributed by atoms with E-state index in [1.165, 1.54) is 0 Å². The minimum atomic E-state index is -4.76. The Balaban J connectivity index is 2.26. The monoisotopic (exact) mass is 358 g/mol. The first kappa shape index (κ1) is 14.1. The van der Waals surface area contributed by atoms with Crippen molar-refractivity contribution < 1.29 is 17.6 Å². The molecule has 108 valence electrons. The SMILES string of the molecule is Fc1c(C(F)(F)F)ccc(Br)c1-c1nc2ccccc2[nH]1. The Labute approximate surface area is 124 Å². The highest BCUT2D eigenvalue weighted by atomic mass is 79.9. The predicted molar refractivity (Wildman–Crippen MR) is 74.2 cm³/mol. The molecule has 7 heteroatoms. The normalized spacial score (nSPS) is 12.0. The molecular weight excluding hydrogens is 352 g/mol. The van der Waals surface area contributed by atoms with Gasteiger partial charge >= 0.3 is 6.18 Å². The second-order valence-corrected chi connectivity index (χ2v) is 5.24. The number of aromatic nitrogens is 2. The third kappa shape index (κ3) is 2.42. The van der Waals surface area contributed by atoms with Crippen LogP contribution in [0.25, 0.3) is 22.4 Å². The molecular formula is C14H7BrF4N2. The molecule has 0 amide bonds. The minimum absolute atomic E-state index is 0.0478. The average Bonchev–Trinajstić information content (AvgIpc) is 2.80. The number of para-hydroxylation sites is 2. The average molecular weight is 359 g/mol. The van der Waals surface area contributed by atoms with Crippen LogP contribution in [-0.4, -0.2) is 9.97 Å². The lowest BCUT2D eigenvalue weighted by Gasteiger charge is -2.11. The number of nitrogens with zero attached hydrogens (tertiary/aromatic N) is 1. The van der Waals surface area contributed by atoms with Gasteiger partial charge in [0.15, 0.2) is 0 Å². The van der Waals surface area contributed by atoms with Crippen LogP contribution in [0.15, 0.2) is 40.9 Å². The summed E-state index contributed by atoms with van der Waals surface area (Å²) in [6, 6.07) is 8.76. The van der Waals surface area contributed by atoms with Gasteiger partial charge in [-0.25, -0.2) is 9.37 Å². The Kier molecular flexibility index (Phi) is 3.24. The minimum Gasteiger partial charge on any atom is -0.338 e. The molecule has 0 unspecified atom stereocenters. The van der Waals surface area contributed by atoms with E-state index < -0.39 is 17.6 Å². The molecule has 0 saturated heterocycles. The summed E-state index contributed by atoms with van der Waals surface area (Å²) >= 11 is 3.07. The molecule has 3 rings (SSSR count). The first-order valence-corrected chi connectivity index (χ1v) is 6.67. The first-order chi connectivity index (χ1) is 9.88. The van der Waals surface area contributed by atoms with Crippen LogP contribution in [0.4, 0.5) is 17.6 Å². The van der Waals surface area contributed by atoms with Gasteiger partial charge in [0.1, 0.15) is 11.6 Å². The van der Waals surface area contributed by atoms with Crippen molar-refractivity contribution in [2.45, 2.75) is 6.18 Å². The fraction of sp³-hybridized carbons (Fsp3) is 0.0714. The van der Waals surface area contributed by atoms with Gasteiger partial charge < -0.3 is 4.98 Å². The molecule has 0 aliphatic rings. The van der Waals surface area contributed by atoms with E-state index in [-0.39, 0.29) is 15.9 Å². The molecule has 3 aromatic rings. The van der Waals surface area contributed by atoms with Crippen LogP contribution in [0.1, 0.15) is 5.56 Å². The van der Waals surface area contributed by atoms with E-state index >= 15 is 0 Å². The molecule has 0 radical (unpaired) electrons. The number of halogens is 5. The largest absolute Gasteiger partial charge is 0.419 e. The van der Waals surface area contributed by atoms with Crippen molar-refractivity contribution in [1.82, 2.24) is 9.97 Å². The molecule has 0 bridgehead atoms. The number of aromatic amines is 1. The maximum atomic E-state index is 14.2. The Morgan fingerprint density at radius 2 is 1.76 bits per heavy atom. The predicted octanol–water partition coefficient (Wildman–Crippen LogP) is 5.15. The fourth-order valence-electron chi connectivity index (χ4n) is 2.06. The number of benzene rings is 2. The lowest BCUT2D eigenvalue weighted by Crippen LogP contribution is -2.09. The van der Waals surface area contributed by atoms with E-state index in [1.54, 1.807) is 24.3 Å². The Bertz CT molecular complexity index is 790. The number of rotatable bonds is 1. The van der Waals surface area contributed by atoms with Crippen molar-refractivity contribution in [3.63, 3.8) is 0 Å². The summed E-state index contributed by atoms with van der Waals surface area (Å²) in [5, 5.41) is 0. The number of hydrogen-bond donors (Lipinski definition) is 1. The summed E-state index contributed by atoms with van der Waals surface area (Å²) in [6.07, 6.45) is -4.76. The number of alkyl halides is 3. The van der Waals surface area contributed by atoms with Crippen molar-refractivity contribution in [3.05, 3.63) is 52.3 Å². The van der Waals surface area contributed by atoms with Gasteiger partial charge in [0, 0.05) is 4.47 Å². The summed E-state index contributed by atoms with van der Waals surface area (Å²) in [5.41, 5.74) is -0.380. The Morgan fingerprint density at radius 1 is 1.05 bits per heavy atom. The van der Waals surface area contributed by atoms with Gasteiger partial charge in [-0.3, -0.25) is 0 Å². The number of hydrogen-bond acceptors (Lipinski definition) is 1. The molecule has 21 heavy (non-hydrogen) atoms. The van der Waals surface area contributed by atoms with Crippen molar-refractivity contribution in [3.8, 4) is 11.4 Å². The number of nitrogens with one attached hydrogen (secondary N) is 1. The van der Waals surface area contributed by atoms with E-state index in [2.05, 4.69) is 25.9 Å². The maximum absolute atomic E-state index is 14.2. The topological polar surface area (TPSA) is 28.7 Å². The van der Waals surface area contributed by atoms with Gasteiger partial charge in [0.25, 0.3) is 0 Å². The van der Waals surface area contributed by atoms with Gasteiger partial charge in [-0.1, -0.05) is 12.1 Å². The highest BCUT2D eigenvalue weighted by Gasteiger charge is 2.36. The molecule has 2 nitrogen and oxygen atoms in total. The summed E-state index contributed by atoms with van der Waals surface area (Å²) in [5.74, 6) is -1.30. The number of fused-ring (bicyclic) bond motifs is 1. The van der Waals surface area contributed by atoms with Crippen LogP contribution < -0.4 is 0 Å². The van der Waals surface area contributed by atoms with Crippen LogP contribution in [0.5, 0.6) is 0 Å². The number of H-pyrrole nitrogens is 1. The lowest BCUT2D eigenvalue weighted by atomic mass is 10.1. The van der Waals surface area contributed by atoms with Crippen molar-refractivity contribution in [1.29, 1.82) is 0 Å². The van der Waals surface area contributed by atoms with Crippen LogP contribution in [0.2, 0.25) is 0 Å². The molecule has 1 heterocycles. The second kappa shape index (κ2) is 4.84. The van der Waals surface area contributed by atoms with Crippen LogP contribution >= 0.6 is 15.9 Å². The smallest absolute Gasteiger partial charge is 0.338 e. The number of imidazole rings is 1. The van der Waals surface area contributed by atoms with Crippen LogP contribution in [0.3, 0.4) is 0 Å². The summed E-state index contributed by atoms with van der Waals surface area (Å²) in [7, 11) is 0. The van der Waals surface area contributed by atoms with E-state index in [9.17, 15) is 17.6 Å². The molecule has 0 saturated carbocycles. The Hall–Kier alpha value is -1.89. The molecule has 0 fully saturated rings. The van der Waals surface area contributed by atoms with E-state index in [4.69, 9.17) is 0 Å². The van der Waals surface area contributed by atoms with Crippen molar-refractivity contribution >= 4 is 27.0 Å². The zero-order valence-electron chi connectivity index (χ0n) is 10.3. The van der Waals surface area contributed by atoms with Gasteiger partial charge in [-0.05, 0) is 40.2 Å². The molecule has 0 aliphatic carbocycles. The molecule has 0 atom stereocenters. The van der Waals surface area contributed by atoms with Gasteiger partial charge in [0.2, 0.25) is 0 Å². The standard InChI is InChI=1S/C14H7BrF4N2/c15-8-6-5-7(14(17,18)19)12(16)11(8)13-20-9-3-1-2-4-10(9)21-13/h1-6H,(H,20,21). The van der Waals surface area contributed by atoms with E-state index in [0.717, 1.165) is 6.07 Å². The van der Waals surface area contributed by atoms with Gasteiger partial charge in [-0.2, -0.15) is 13.2 Å². The molecule has 2 aromatic carbocycles. The molecule has 0 aliphatic heterocycles. The Morgan fingerprint density at radius 3 is 2.43 bits per heavy atom. The van der Waals surface area contributed by atoms with Gasteiger partial charge in [-0.15, -0.1) is 0 Å². The second-order valence-electron chi connectivity index (χ2n) is 4.38. The third-order valence-electron chi connectivity index (χ3n) is 3.02. The zero-order chi connectivity index (χ0) is 15.2. The summed E-state index contributed by atoms with van der Waals surface area (Å²) < 4.78 is 52.8. The van der Waals surface area contributed by atoms with Crippen LogP contribution in [0, 0.1) is 5.82 Å². The van der Waals surface area contributed by atoms with Crippen molar-refractivity contribution in [2.24, 2.45) is 0 Å². The quantitative estimate of drug-likeness (QED) is 0.598. The van der Waals surface area contributed by atoms with Gasteiger partial charge in [0.05, 0.1) is 22.2 Å². The summed E-state index contributed by atoms with van der Waals surface area (Å²) in [4.78, 5) is 6.96. The molecule has 1 aromatic heterocycles.